The van der Waals surface area contributed by atoms with Gasteiger partial charge in [0.1, 0.15) is 10.8 Å². The van der Waals surface area contributed by atoms with Crippen LogP contribution in [0.5, 0.6) is 0 Å². The molecule has 0 amide bonds. The van der Waals surface area contributed by atoms with Crippen LogP contribution >= 0.6 is 11.3 Å². The molecule has 5 nitrogen and oxygen atoms in total. The van der Waals surface area contributed by atoms with E-state index in [0.29, 0.717) is 17.0 Å². The number of nitrogens with zero attached hydrogens (tertiary/aromatic N) is 2. The number of hydrogen-bond donors (Lipinski definition) is 2. The van der Waals surface area contributed by atoms with Crippen LogP contribution in [-0.4, -0.2) is 27.4 Å². The van der Waals surface area contributed by atoms with Crippen molar-refractivity contribution in [2.24, 2.45) is 0 Å². The normalized spacial score (nSPS) is 11.4. The molecule has 0 aliphatic carbocycles. The van der Waals surface area contributed by atoms with Crippen LogP contribution in [0.15, 0.2) is 12.1 Å². The van der Waals surface area contributed by atoms with Crippen molar-refractivity contribution in [3.63, 3.8) is 0 Å². The van der Waals surface area contributed by atoms with Gasteiger partial charge in [-0.1, -0.05) is 6.07 Å². The van der Waals surface area contributed by atoms with E-state index in [0.717, 1.165) is 21.7 Å². The standard InChI is InChI=1S/C14H17FN2O3S/c1-8-6-9(2)13(11(15)7-8)14-16-10(3)12(21-14)4-5-20-17(18)19/h6-7,18-19H,4-5H2,1-3H3. The Labute approximate surface area is 126 Å². The molecule has 1 heterocycles. The lowest BCUT2D eigenvalue weighted by atomic mass is 10.1. The second kappa shape index (κ2) is 6.59. The highest BCUT2D eigenvalue weighted by Gasteiger charge is 2.16. The number of aromatic nitrogens is 1. The molecule has 21 heavy (non-hydrogen) atoms. The minimum absolute atomic E-state index is 0.102. The van der Waals surface area contributed by atoms with E-state index >= 15 is 0 Å². The van der Waals surface area contributed by atoms with Crippen LogP contribution in [0.3, 0.4) is 0 Å². The molecule has 0 radical (unpaired) electrons. The van der Waals surface area contributed by atoms with Gasteiger partial charge in [0, 0.05) is 16.9 Å². The molecule has 114 valence electrons. The summed E-state index contributed by atoms with van der Waals surface area (Å²) in [7, 11) is 0. The van der Waals surface area contributed by atoms with E-state index in [2.05, 4.69) is 9.82 Å². The molecule has 0 atom stereocenters. The average Bonchev–Trinajstić information content (AvgIpc) is 2.68. The van der Waals surface area contributed by atoms with Gasteiger partial charge in [0.15, 0.2) is 0 Å². The lowest BCUT2D eigenvalue weighted by Gasteiger charge is -2.06. The summed E-state index contributed by atoms with van der Waals surface area (Å²) in [5, 5.41) is 17.3. The number of rotatable bonds is 5. The zero-order valence-electron chi connectivity index (χ0n) is 12.1. The second-order valence-electron chi connectivity index (χ2n) is 4.80. The SMILES string of the molecule is Cc1cc(C)c(-c2nc(C)c(CCON(O)O)s2)c(F)c1. The number of benzene rings is 1. The van der Waals surface area contributed by atoms with Gasteiger partial charge in [-0.3, -0.25) is 15.3 Å². The van der Waals surface area contributed by atoms with Gasteiger partial charge in [-0.25, -0.2) is 9.37 Å². The maximum Gasteiger partial charge on any atom is 0.133 e. The van der Waals surface area contributed by atoms with Crippen molar-refractivity contribution < 1.29 is 19.6 Å². The predicted octanol–water partition coefficient (Wildman–Crippen LogP) is 3.43. The van der Waals surface area contributed by atoms with Crippen molar-refractivity contribution in [1.82, 2.24) is 10.4 Å². The Bertz CT molecular complexity index is 620. The van der Waals surface area contributed by atoms with Gasteiger partial charge < -0.3 is 0 Å². The second-order valence-corrected chi connectivity index (χ2v) is 5.89. The summed E-state index contributed by atoms with van der Waals surface area (Å²) in [5.41, 5.74) is 3.04. The molecule has 2 rings (SSSR count). The van der Waals surface area contributed by atoms with Gasteiger partial charge in [0.2, 0.25) is 0 Å². The Morgan fingerprint density at radius 2 is 2.00 bits per heavy atom. The average molecular weight is 312 g/mol. The van der Waals surface area contributed by atoms with E-state index < -0.39 is 0 Å². The maximum absolute atomic E-state index is 14.2. The van der Waals surface area contributed by atoms with E-state index in [1.54, 1.807) is 0 Å². The number of aryl methyl sites for hydroxylation is 3. The molecule has 0 fully saturated rings. The van der Waals surface area contributed by atoms with Gasteiger partial charge in [0.25, 0.3) is 0 Å². The topological polar surface area (TPSA) is 65.8 Å². The summed E-state index contributed by atoms with van der Waals surface area (Å²) >= 11 is 1.39. The fraction of sp³-hybridized carbons (Fsp3) is 0.357. The summed E-state index contributed by atoms with van der Waals surface area (Å²) < 4.78 is 14.2. The summed E-state index contributed by atoms with van der Waals surface area (Å²) in [4.78, 5) is 9.86. The zero-order chi connectivity index (χ0) is 15.6. The Hall–Kier alpha value is -1.38. The zero-order valence-corrected chi connectivity index (χ0v) is 12.9. The molecule has 0 unspecified atom stereocenters. The Kier molecular flexibility index (Phi) is 5.02. The molecule has 0 aliphatic heterocycles. The minimum Gasteiger partial charge on any atom is -0.266 e. The van der Waals surface area contributed by atoms with Gasteiger partial charge >= 0.3 is 0 Å². The number of halogens is 1. The van der Waals surface area contributed by atoms with E-state index in [-0.39, 0.29) is 17.8 Å². The van der Waals surface area contributed by atoms with Crippen molar-refractivity contribution in [1.29, 1.82) is 0 Å². The molecule has 7 heteroatoms. The first-order valence-corrected chi connectivity index (χ1v) is 7.24. The molecule has 1 aromatic heterocycles. The fourth-order valence-electron chi connectivity index (χ4n) is 2.17. The van der Waals surface area contributed by atoms with Crippen LogP contribution in [0.1, 0.15) is 21.7 Å². The van der Waals surface area contributed by atoms with E-state index in [1.807, 2.05) is 26.8 Å². The summed E-state index contributed by atoms with van der Waals surface area (Å²) in [5.74, 6) is -0.277. The highest BCUT2D eigenvalue weighted by molar-refractivity contribution is 7.15. The first-order valence-electron chi connectivity index (χ1n) is 6.42. The van der Waals surface area contributed by atoms with Crippen molar-refractivity contribution in [2.75, 3.05) is 6.61 Å². The Balaban J connectivity index is 2.26. The number of hydrogen-bond acceptors (Lipinski definition) is 6. The molecule has 0 bridgehead atoms. The Morgan fingerprint density at radius 1 is 1.29 bits per heavy atom. The molecule has 0 saturated carbocycles. The van der Waals surface area contributed by atoms with Crippen LogP contribution < -0.4 is 0 Å². The molecule has 0 aliphatic rings. The molecule has 2 N–H and O–H groups in total. The van der Waals surface area contributed by atoms with Crippen LogP contribution in [-0.2, 0) is 11.3 Å². The first-order chi connectivity index (χ1) is 9.88. The van der Waals surface area contributed by atoms with E-state index in [1.165, 1.54) is 17.4 Å². The Morgan fingerprint density at radius 3 is 2.62 bits per heavy atom. The molecule has 1 aromatic carbocycles. The highest BCUT2D eigenvalue weighted by Crippen LogP contribution is 2.33. The van der Waals surface area contributed by atoms with Crippen molar-refractivity contribution in [2.45, 2.75) is 27.2 Å². The lowest BCUT2D eigenvalue weighted by molar-refractivity contribution is -0.492. The summed E-state index contributed by atoms with van der Waals surface area (Å²) in [6.07, 6.45) is 0.466. The van der Waals surface area contributed by atoms with Gasteiger partial charge in [-0.2, -0.15) is 0 Å². The monoisotopic (exact) mass is 312 g/mol. The largest absolute Gasteiger partial charge is 0.266 e. The van der Waals surface area contributed by atoms with Crippen LogP contribution in [0.4, 0.5) is 4.39 Å². The third kappa shape index (κ3) is 3.84. The van der Waals surface area contributed by atoms with Crippen LogP contribution in [0.2, 0.25) is 0 Å². The highest BCUT2D eigenvalue weighted by atomic mass is 32.1. The number of thiazole rings is 1. The van der Waals surface area contributed by atoms with E-state index in [4.69, 9.17) is 10.4 Å². The van der Waals surface area contributed by atoms with Gasteiger partial charge in [-0.15, -0.1) is 11.3 Å². The molecular weight excluding hydrogens is 295 g/mol. The lowest BCUT2D eigenvalue weighted by Crippen LogP contribution is -2.16. The summed E-state index contributed by atoms with van der Waals surface area (Å²) in [6.45, 7) is 5.66. The van der Waals surface area contributed by atoms with Crippen molar-refractivity contribution in [3.05, 3.63) is 39.6 Å². The molecule has 0 saturated heterocycles. The third-order valence-corrected chi connectivity index (χ3v) is 4.31. The maximum atomic E-state index is 14.2. The third-order valence-electron chi connectivity index (χ3n) is 3.07. The van der Waals surface area contributed by atoms with Crippen LogP contribution in [0.25, 0.3) is 10.6 Å². The smallest absolute Gasteiger partial charge is 0.133 e. The first kappa shape index (κ1) is 16.0. The molecular formula is C14H17FN2O3S. The summed E-state index contributed by atoms with van der Waals surface area (Å²) in [6, 6.07) is 3.42. The van der Waals surface area contributed by atoms with E-state index in [9.17, 15) is 4.39 Å². The van der Waals surface area contributed by atoms with Gasteiger partial charge in [0.05, 0.1) is 17.7 Å². The quantitative estimate of drug-likeness (QED) is 0.828. The van der Waals surface area contributed by atoms with Crippen molar-refractivity contribution >= 4 is 11.3 Å². The fourth-order valence-corrected chi connectivity index (χ4v) is 3.33. The van der Waals surface area contributed by atoms with Crippen LogP contribution in [0, 0.1) is 26.6 Å². The van der Waals surface area contributed by atoms with Gasteiger partial charge in [-0.05, 0) is 38.0 Å². The molecule has 2 aromatic rings. The minimum atomic E-state index is -0.318. The predicted molar refractivity (Wildman–Crippen MR) is 76.8 cm³/mol. The molecule has 0 spiro atoms. The van der Waals surface area contributed by atoms with Crippen molar-refractivity contribution in [3.8, 4) is 10.6 Å².